The molecule has 5 N–H and O–H groups in total. The molecule has 2 aromatic carbocycles. The molecule has 32 heavy (non-hydrogen) atoms. The number of hydrogen-bond donors (Lipinski definition) is 4. The molecule has 8 heteroatoms. The van der Waals surface area contributed by atoms with Crippen LogP contribution in [-0.2, 0) is 16.4 Å². The van der Waals surface area contributed by atoms with Crippen molar-refractivity contribution >= 4 is 27.4 Å². The Kier molecular flexibility index (Phi) is 9.53. The fourth-order valence-corrected chi connectivity index (χ4v) is 4.31. The fraction of sp³-hybridized carbons (Fsp3) is 0.458. The third-order valence-corrected chi connectivity index (χ3v) is 6.25. The van der Waals surface area contributed by atoms with E-state index in [0.29, 0.717) is 24.3 Å². The number of nitrogens with two attached hydrogens (primary N) is 1. The molecule has 7 nitrogen and oxygen atoms in total. The number of unbranched alkanes of at least 4 members (excludes halogenated alkanes) is 4. The molecule has 0 radical (unpaired) electrons. The summed E-state index contributed by atoms with van der Waals surface area (Å²) in [6.07, 6.45) is 6.33. The standard InChI is InChI=1S/C24H36N4O3S/c1-4-5-6-7-8-17-26-23(29)27-20-13-15-22(16-14-20)32(30,31)28-21-11-9-19(10-12-21)18-24(2,3)25/h9-16,28H,4-8,17-18,25H2,1-3H3,(H2,26,27,29). The molecule has 0 aliphatic heterocycles. The first kappa shape index (κ1) is 25.7. The number of carbonyl (C=O) groups excluding carboxylic acids is 1. The Morgan fingerprint density at radius 1 is 0.906 bits per heavy atom. The lowest BCUT2D eigenvalue weighted by atomic mass is 9.96. The van der Waals surface area contributed by atoms with E-state index < -0.39 is 10.0 Å². The molecule has 0 heterocycles. The van der Waals surface area contributed by atoms with Crippen LogP contribution in [0.2, 0.25) is 0 Å². The van der Waals surface area contributed by atoms with E-state index in [9.17, 15) is 13.2 Å². The highest BCUT2D eigenvalue weighted by molar-refractivity contribution is 7.92. The number of sulfonamides is 1. The summed E-state index contributed by atoms with van der Waals surface area (Å²) < 4.78 is 27.9. The second-order valence-electron chi connectivity index (χ2n) is 8.79. The molecule has 0 aliphatic carbocycles. The number of hydrogen-bond acceptors (Lipinski definition) is 4. The average molecular weight is 461 g/mol. The highest BCUT2D eigenvalue weighted by Gasteiger charge is 2.15. The van der Waals surface area contributed by atoms with Gasteiger partial charge in [0.25, 0.3) is 10.0 Å². The fourth-order valence-electron chi connectivity index (χ4n) is 3.25. The number of nitrogens with one attached hydrogen (secondary N) is 3. The maximum Gasteiger partial charge on any atom is 0.319 e. The van der Waals surface area contributed by atoms with E-state index >= 15 is 0 Å². The van der Waals surface area contributed by atoms with Crippen molar-refractivity contribution in [1.29, 1.82) is 0 Å². The number of amides is 2. The zero-order valence-corrected chi connectivity index (χ0v) is 20.1. The summed E-state index contributed by atoms with van der Waals surface area (Å²) in [6.45, 7) is 6.67. The average Bonchev–Trinajstić information content (AvgIpc) is 2.71. The van der Waals surface area contributed by atoms with Crippen LogP contribution in [0.15, 0.2) is 53.4 Å². The molecule has 2 amide bonds. The van der Waals surface area contributed by atoms with Crippen molar-refractivity contribution in [3.05, 3.63) is 54.1 Å². The molecular formula is C24H36N4O3S. The lowest BCUT2D eigenvalue weighted by molar-refractivity contribution is 0.252. The number of benzene rings is 2. The molecule has 0 saturated carbocycles. The second kappa shape index (κ2) is 11.9. The Balaban J connectivity index is 1.87. The highest BCUT2D eigenvalue weighted by Crippen LogP contribution is 2.20. The van der Waals surface area contributed by atoms with Gasteiger partial charge in [0, 0.05) is 23.5 Å². The molecule has 0 bridgehead atoms. The normalized spacial score (nSPS) is 11.8. The molecule has 2 aromatic rings. The Bertz CT molecular complexity index is 950. The summed E-state index contributed by atoms with van der Waals surface area (Å²) >= 11 is 0. The topological polar surface area (TPSA) is 113 Å². The van der Waals surface area contributed by atoms with Crippen LogP contribution in [0.1, 0.15) is 58.4 Å². The molecular weight excluding hydrogens is 424 g/mol. The van der Waals surface area contributed by atoms with E-state index in [4.69, 9.17) is 5.73 Å². The Morgan fingerprint density at radius 2 is 1.50 bits per heavy atom. The number of urea groups is 1. The largest absolute Gasteiger partial charge is 0.338 e. The summed E-state index contributed by atoms with van der Waals surface area (Å²) in [5.41, 5.74) is 7.74. The molecule has 0 aromatic heterocycles. The molecule has 0 saturated heterocycles. The van der Waals surface area contributed by atoms with Gasteiger partial charge in [0.1, 0.15) is 0 Å². The van der Waals surface area contributed by atoms with Gasteiger partial charge in [-0.05, 0) is 68.7 Å². The minimum absolute atomic E-state index is 0.117. The zero-order chi connectivity index (χ0) is 23.6. The van der Waals surface area contributed by atoms with Crippen LogP contribution < -0.4 is 21.1 Å². The first-order chi connectivity index (χ1) is 15.1. The van der Waals surface area contributed by atoms with E-state index in [0.717, 1.165) is 18.4 Å². The van der Waals surface area contributed by atoms with Gasteiger partial charge in [0.05, 0.1) is 4.90 Å². The number of carbonyl (C=O) groups is 1. The second-order valence-corrected chi connectivity index (χ2v) is 10.5. The van der Waals surface area contributed by atoms with Crippen LogP contribution in [0, 0.1) is 0 Å². The molecule has 2 rings (SSSR count). The van der Waals surface area contributed by atoms with Crippen molar-refractivity contribution in [2.24, 2.45) is 5.73 Å². The molecule has 176 valence electrons. The van der Waals surface area contributed by atoms with E-state index in [1.165, 1.54) is 31.4 Å². The summed E-state index contributed by atoms with van der Waals surface area (Å²) in [5, 5.41) is 5.54. The SMILES string of the molecule is CCCCCCCNC(=O)Nc1ccc(S(=O)(=O)Nc2ccc(CC(C)(C)N)cc2)cc1. The number of rotatable bonds is 12. The summed E-state index contributed by atoms with van der Waals surface area (Å²) in [5.74, 6) is 0. The minimum atomic E-state index is -3.73. The van der Waals surface area contributed by atoms with Crippen molar-refractivity contribution in [1.82, 2.24) is 5.32 Å². The molecule has 0 fully saturated rings. The van der Waals surface area contributed by atoms with Crippen molar-refractivity contribution in [3.8, 4) is 0 Å². The summed E-state index contributed by atoms with van der Waals surface area (Å²) in [4.78, 5) is 12.1. The Labute approximate surface area is 192 Å². The van der Waals surface area contributed by atoms with Crippen LogP contribution in [0.3, 0.4) is 0 Å². The predicted molar refractivity (Wildman–Crippen MR) is 131 cm³/mol. The Morgan fingerprint density at radius 3 is 2.09 bits per heavy atom. The number of anilines is 2. The van der Waals surface area contributed by atoms with Gasteiger partial charge in [0.2, 0.25) is 0 Å². The van der Waals surface area contributed by atoms with Gasteiger partial charge >= 0.3 is 6.03 Å². The van der Waals surface area contributed by atoms with Crippen LogP contribution in [0.25, 0.3) is 0 Å². The van der Waals surface area contributed by atoms with Gasteiger partial charge in [-0.15, -0.1) is 0 Å². The summed E-state index contributed by atoms with van der Waals surface area (Å²) in [7, 11) is -3.73. The van der Waals surface area contributed by atoms with Crippen molar-refractivity contribution in [2.75, 3.05) is 16.6 Å². The third kappa shape index (κ3) is 9.28. The van der Waals surface area contributed by atoms with Gasteiger partial charge in [-0.3, -0.25) is 4.72 Å². The van der Waals surface area contributed by atoms with Crippen LogP contribution in [0.4, 0.5) is 16.2 Å². The van der Waals surface area contributed by atoms with Crippen molar-refractivity contribution < 1.29 is 13.2 Å². The predicted octanol–water partition coefficient (Wildman–Crippen LogP) is 4.86. The highest BCUT2D eigenvalue weighted by atomic mass is 32.2. The third-order valence-electron chi connectivity index (χ3n) is 4.85. The lowest BCUT2D eigenvalue weighted by Crippen LogP contribution is -2.34. The van der Waals surface area contributed by atoms with Gasteiger partial charge in [-0.1, -0.05) is 44.7 Å². The van der Waals surface area contributed by atoms with Crippen molar-refractivity contribution in [2.45, 2.75) is 69.7 Å². The van der Waals surface area contributed by atoms with E-state index in [1.807, 2.05) is 26.0 Å². The summed E-state index contributed by atoms with van der Waals surface area (Å²) in [6, 6.07) is 13.0. The zero-order valence-electron chi connectivity index (χ0n) is 19.3. The molecule has 0 atom stereocenters. The van der Waals surface area contributed by atoms with E-state index in [1.54, 1.807) is 24.3 Å². The van der Waals surface area contributed by atoms with Crippen LogP contribution in [0.5, 0.6) is 0 Å². The van der Waals surface area contributed by atoms with Gasteiger partial charge in [-0.25, -0.2) is 13.2 Å². The van der Waals surface area contributed by atoms with Gasteiger partial charge in [-0.2, -0.15) is 0 Å². The molecule has 0 spiro atoms. The smallest absolute Gasteiger partial charge is 0.319 e. The maximum atomic E-state index is 12.7. The molecule has 0 aliphatic rings. The van der Waals surface area contributed by atoms with E-state index in [-0.39, 0.29) is 16.5 Å². The lowest BCUT2D eigenvalue weighted by Gasteiger charge is -2.18. The van der Waals surface area contributed by atoms with Gasteiger partial charge in [0.15, 0.2) is 0 Å². The van der Waals surface area contributed by atoms with Crippen molar-refractivity contribution in [3.63, 3.8) is 0 Å². The van der Waals surface area contributed by atoms with E-state index in [2.05, 4.69) is 22.3 Å². The Hall–Kier alpha value is -2.58. The maximum absolute atomic E-state index is 12.7. The van der Waals surface area contributed by atoms with Crippen LogP contribution >= 0.6 is 0 Å². The van der Waals surface area contributed by atoms with Gasteiger partial charge < -0.3 is 16.4 Å². The molecule has 0 unspecified atom stereocenters. The quantitative estimate of drug-likeness (QED) is 0.339. The monoisotopic (exact) mass is 460 g/mol. The first-order valence-electron chi connectivity index (χ1n) is 11.1. The minimum Gasteiger partial charge on any atom is -0.338 e. The first-order valence-corrected chi connectivity index (χ1v) is 12.6. The van der Waals surface area contributed by atoms with Crippen LogP contribution in [-0.4, -0.2) is 26.5 Å².